The van der Waals surface area contributed by atoms with Gasteiger partial charge in [0, 0.05) is 11.5 Å². The molecule has 0 aliphatic carbocycles. The molecule has 0 aliphatic rings. The van der Waals surface area contributed by atoms with Crippen LogP contribution in [0.3, 0.4) is 0 Å². The van der Waals surface area contributed by atoms with Crippen molar-refractivity contribution in [2.45, 2.75) is 33.6 Å². The number of aryl methyl sites for hydroxylation is 1. The summed E-state index contributed by atoms with van der Waals surface area (Å²) in [6.45, 7) is 7.72. The van der Waals surface area contributed by atoms with Gasteiger partial charge in [0.15, 0.2) is 5.76 Å². The second-order valence-corrected chi connectivity index (χ2v) is 4.98. The van der Waals surface area contributed by atoms with Crippen LogP contribution in [0.4, 0.5) is 0 Å². The van der Waals surface area contributed by atoms with Crippen molar-refractivity contribution >= 4 is 5.97 Å². The molecule has 0 atom stereocenters. The van der Waals surface area contributed by atoms with E-state index in [0.717, 1.165) is 16.7 Å². The molecule has 2 rings (SSSR count). The molecule has 1 aromatic carbocycles. The van der Waals surface area contributed by atoms with Gasteiger partial charge in [0.25, 0.3) is 0 Å². The number of aromatic carboxylic acids is 1. The van der Waals surface area contributed by atoms with Crippen molar-refractivity contribution in [1.82, 2.24) is 5.16 Å². The van der Waals surface area contributed by atoms with Crippen LogP contribution in [0.1, 0.15) is 47.0 Å². The van der Waals surface area contributed by atoms with Gasteiger partial charge in [-0.15, -0.1) is 0 Å². The average molecular weight is 259 g/mol. The number of rotatable bonds is 3. The molecule has 0 fully saturated rings. The summed E-state index contributed by atoms with van der Waals surface area (Å²) in [5.41, 5.74) is 3.52. The van der Waals surface area contributed by atoms with Crippen LogP contribution in [0.5, 0.6) is 0 Å². The zero-order valence-corrected chi connectivity index (χ0v) is 11.5. The van der Waals surface area contributed by atoms with E-state index in [1.54, 1.807) is 0 Å². The van der Waals surface area contributed by atoms with Gasteiger partial charge < -0.3 is 9.63 Å². The van der Waals surface area contributed by atoms with Gasteiger partial charge in [-0.2, -0.15) is 0 Å². The zero-order valence-electron chi connectivity index (χ0n) is 11.5. The van der Waals surface area contributed by atoms with Crippen molar-refractivity contribution in [3.05, 3.63) is 40.6 Å². The molecule has 1 aromatic heterocycles. The lowest BCUT2D eigenvalue weighted by molar-refractivity contribution is 0.0694. The first-order valence-electron chi connectivity index (χ1n) is 6.23. The van der Waals surface area contributed by atoms with Gasteiger partial charge >= 0.3 is 5.97 Å². The summed E-state index contributed by atoms with van der Waals surface area (Å²) in [4.78, 5) is 11.5. The molecule has 4 heteroatoms. The Bertz CT molecular complexity index is 626. The Morgan fingerprint density at radius 2 is 2.00 bits per heavy atom. The van der Waals surface area contributed by atoms with Gasteiger partial charge in [0.1, 0.15) is 11.3 Å². The van der Waals surface area contributed by atoms with Crippen molar-refractivity contribution in [3.8, 4) is 11.3 Å². The Kier molecular flexibility index (Phi) is 3.42. The van der Waals surface area contributed by atoms with Crippen LogP contribution in [0, 0.1) is 13.8 Å². The molecule has 19 heavy (non-hydrogen) atoms. The summed E-state index contributed by atoms with van der Waals surface area (Å²) in [6.07, 6.45) is 0. The van der Waals surface area contributed by atoms with E-state index in [1.165, 1.54) is 0 Å². The van der Waals surface area contributed by atoms with Gasteiger partial charge in [0.05, 0.1) is 0 Å². The zero-order chi connectivity index (χ0) is 14.2. The van der Waals surface area contributed by atoms with Crippen LogP contribution < -0.4 is 0 Å². The molecule has 0 amide bonds. The number of benzene rings is 1. The van der Waals surface area contributed by atoms with Gasteiger partial charge in [-0.3, -0.25) is 0 Å². The fraction of sp³-hybridized carbons (Fsp3) is 0.333. The molecule has 1 heterocycles. The molecule has 0 bridgehead atoms. The Labute approximate surface area is 112 Å². The van der Waals surface area contributed by atoms with Crippen LogP contribution in [0.25, 0.3) is 11.3 Å². The number of carbonyl (C=O) groups is 1. The second kappa shape index (κ2) is 4.88. The number of aromatic nitrogens is 1. The maximum absolute atomic E-state index is 11.5. The molecule has 0 unspecified atom stereocenters. The number of carboxylic acid groups (broad SMARTS) is 1. The molecular formula is C15H17NO3. The maximum atomic E-state index is 11.5. The highest BCUT2D eigenvalue weighted by molar-refractivity contribution is 5.96. The third kappa shape index (κ3) is 2.26. The highest BCUT2D eigenvalue weighted by Crippen LogP contribution is 2.32. The molecule has 0 aliphatic heterocycles. The van der Waals surface area contributed by atoms with Crippen LogP contribution in [0.2, 0.25) is 0 Å². The van der Waals surface area contributed by atoms with Gasteiger partial charge in [-0.25, -0.2) is 4.79 Å². The lowest BCUT2D eigenvalue weighted by Gasteiger charge is -2.07. The van der Waals surface area contributed by atoms with Crippen molar-refractivity contribution < 1.29 is 14.4 Å². The minimum Gasteiger partial charge on any atom is -0.477 e. The van der Waals surface area contributed by atoms with Crippen LogP contribution in [0.15, 0.2) is 22.7 Å². The number of hydrogen-bond acceptors (Lipinski definition) is 3. The predicted molar refractivity (Wildman–Crippen MR) is 72.5 cm³/mol. The molecule has 0 saturated carbocycles. The van der Waals surface area contributed by atoms with Crippen molar-refractivity contribution in [2.24, 2.45) is 0 Å². The second-order valence-electron chi connectivity index (χ2n) is 4.98. The van der Waals surface area contributed by atoms with Crippen LogP contribution in [-0.4, -0.2) is 16.2 Å². The van der Waals surface area contributed by atoms with E-state index in [1.807, 2.05) is 45.9 Å². The van der Waals surface area contributed by atoms with Crippen molar-refractivity contribution in [2.75, 3.05) is 0 Å². The van der Waals surface area contributed by atoms with E-state index < -0.39 is 5.97 Å². The van der Waals surface area contributed by atoms with Gasteiger partial charge in [0.2, 0.25) is 0 Å². The summed E-state index contributed by atoms with van der Waals surface area (Å²) < 4.78 is 5.24. The highest BCUT2D eigenvalue weighted by atomic mass is 16.5. The van der Waals surface area contributed by atoms with E-state index in [9.17, 15) is 9.90 Å². The fourth-order valence-corrected chi connectivity index (χ4v) is 2.10. The Morgan fingerprint density at radius 3 is 2.58 bits per heavy atom. The van der Waals surface area contributed by atoms with E-state index >= 15 is 0 Å². The summed E-state index contributed by atoms with van der Waals surface area (Å²) in [7, 11) is 0. The van der Waals surface area contributed by atoms with Crippen LogP contribution >= 0.6 is 0 Å². The Hall–Kier alpha value is -2.10. The summed E-state index contributed by atoms with van der Waals surface area (Å²) in [5, 5.41) is 13.4. The Morgan fingerprint density at radius 1 is 1.32 bits per heavy atom. The summed E-state index contributed by atoms with van der Waals surface area (Å²) >= 11 is 0. The molecule has 100 valence electrons. The third-order valence-electron chi connectivity index (χ3n) is 3.32. The maximum Gasteiger partial charge on any atom is 0.341 e. The molecule has 0 spiro atoms. The van der Waals surface area contributed by atoms with Crippen molar-refractivity contribution in [3.63, 3.8) is 0 Å². The standard InChI is InChI=1S/C15H17NO3/c1-8(2)14-12(15(17)18)13(16-19-14)11-7-5-6-9(3)10(11)4/h5-8H,1-4H3,(H,17,18). The third-order valence-corrected chi connectivity index (χ3v) is 3.32. The lowest BCUT2D eigenvalue weighted by atomic mass is 9.96. The minimum atomic E-state index is -0.999. The minimum absolute atomic E-state index is 0.0162. The number of nitrogens with zero attached hydrogens (tertiary/aromatic N) is 1. The molecule has 1 N–H and O–H groups in total. The topological polar surface area (TPSA) is 63.3 Å². The average Bonchev–Trinajstić information content (AvgIpc) is 2.77. The van der Waals surface area contributed by atoms with E-state index in [4.69, 9.17) is 4.52 Å². The quantitative estimate of drug-likeness (QED) is 0.911. The molecule has 4 nitrogen and oxygen atoms in total. The van der Waals surface area contributed by atoms with Crippen molar-refractivity contribution in [1.29, 1.82) is 0 Å². The fourth-order valence-electron chi connectivity index (χ4n) is 2.10. The number of hydrogen-bond donors (Lipinski definition) is 1. The first-order valence-corrected chi connectivity index (χ1v) is 6.23. The largest absolute Gasteiger partial charge is 0.477 e. The monoisotopic (exact) mass is 259 g/mol. The predicted octanol–water partition coefficient (Wildman–Crippen LogP) is 3.78. The highest BCUT2D eigenvalue weighted by Gasteiger charge is 2.26. The Balaban J connectivity index is 2.69. The molecular weight excluding hydrogens is 242 g/mol. The lowest BCUT2D eigenvalue weighted by Crippen LogP contribution is -2.03. The molecule has 0 radical (unpaired) electrons. The van der Waals surface area contributed by atoms with E-state index in [2.05, 4.69) is 5.16 Å². The first-order chi connectivity index (χ1) is 8.93. The molecule has 0 saturated heterocycles. The normalized spacial score (nSPS) is 11.0. The van der Waals surface area contributed by atoms with Gasteiger partial charge in [-0.05, 0) is 25.0 Å². The van der Waals surface area contributed by atoms with E-state index in [0.29, 0.717) is 11.5 Å². The first kappa shape index (κ1) is 13.3. The van der Waals surface area contributed by atoms with Gasteiger partial charge in [-0.1, -0.05) is 37.2 Å². The molecule has 2 aromatic rings. The van der Waals surface area contributed by atoms with Crippen LogP contribution in [-0.2, 0) is 0 Å². The smallest absolute Gasteiger partial charge is 0.341 e. The SMILES string of the molecule is Cc1cccc(-c2noc(C(C)C)c2C(=O)O)c1C. The van der Waals surface area contributed by atoms with E-state index in [-0.39, 0.29) is 11.5 Å². The summed E-state index contributed by atoms with van der Waals surface area (Å²) in [6, 6.07) is 5.76. The summed E-state index contributed by atoms with van der Waals surface area (Å²) in [5.74, 6) is -0.596. The number of carboxylic acids is 1.